The van der Waals surface area contributed by atoms with Crippen molar-refractivity contribution in [3.05, 3.63) is 41.0 Å². The molecule has 1 heterocycles. The normalized spacial score (nSPS) is 12.3. The first-order valence-electron chi connectivity index (χ1n) is 7.68. The summed E-state index contributed by atoms with van der Waals surface area (Å²) in [4.78, 5) is 12.6. The van der Waals surface area contributed by atoms with Gasteiger partial charge in [0.25, 0.3) is 0 Å². The van der Waals surface area contributed by atoms with Crippen LogP contribution in [-0.4, -0.2) is 22.1 Å². The fourth-order valence-electron chi connectivity index (χ4n) is 2.63. The quantitative estimate of drug-likeness (QED) is 0.787. The van der Waals surface area contributed by atoms with Crippen LogP contribution in [0.2, 0.25) is 0 Å². The Morgan fingerprint density at radius 1 is 1.22 bits per heavy atom. The van der Waals surface area contributed by atoms with Crippen molar-refractivity contribution in [1.82, 2.24) is 10.2 Å². The second-order valence-corrected chi connectivity index (χ2v) is 6.05. The summed E-state index contributed by atoms with van der Waals surface area (Å²) in [6.45, 7) is 9.50. The van der Waals surface area contributed by atoms with Gasteiger partial charge in [-0.2, -0.15) is 5.10 Å². The van der Waals surface area contributed by atoms with E-state index in [1.165, 1.54) is 12.1 Å². The van der Waals surface area contributed by atoms with E-state index in [9.17, 15) is 9.18 Å². The van der Waals surface area contributed by atoms with Gasteiger partial charge in [0.2, 0.25) is 5.91 Å². The topological polar surface area (TPSA) is 69.8 Å². The summed E-state index contributed by atoms with van der Waals surface area (Å²) in [6.07, 6.45) is 0. The molecule has 3 N–H and O–H groups in total. The number of aryl methyl sites for hydroxylation is 2. The van der Waals surface area contributed by atoms with Gasteiger partial charge in [-0.15, -0.1) is 0 Å². The van der Waals surface area contributed by atoms with Crippen LogP contribution < -0.4 is 10.6 Å². The SMILES string of the molecule is Cc1n[nH]c(C)c1C(C)C(=O)Nc1ccc(F)cc1NC(C)C. The largest absolute Gasteiger partial charge is 0.381 e. The minimum absolute atomic E-state index is 0.128. The Kier molecular flexibility index (Phi) is 5.03. The zero-order valence-electron chi connectivity index (χ0n) is 14.1. The highest BCUT2D eigenvalue weighted by Gasteiger charge is 2.22. The minimum Gasteiger partial charge on any atom is -0.381 e. The molecule has 6 heteroatoms. The summed E-state index contributed by atoms with van der Waals surface area (Å²) in [7, 11) is 0. The summed E-state index contributed by atoms with van der Waals surface area (Å²) in [5.74, 6) is -0.859. The maximum Gasteiger partial charge on any atom is 0.231 e. The molecule has 0 bridgehead atoms. The van der Waals surface area contributed by atoms with Crippen molar-refractivity contribution in [2.24, 2.45) is 0 Å². The molecule has 124 valence electrons. The van der Waals surface area contributed by atoms with Gasteiger partial charge < -0.3 is 10.6 Å². The summed E-state index contributed by atoms with van der Waals surface area (Å²) in [5.41, 5.74) is 3.72. The molecular weight excluding hydrogens is 295 g/mol. The molecule has 0 aliphatic heterocycles. The lowest BCUT2D eigenvalue weighted by Crippen LogP contribution is -2.21. The van der Waals surface area contributed by atoms with E-state index in [1.54, 1.807) is 6.07 Å². The Morgan fingerprint density at radius 3 is 2.48 bits per heavy atom. The van der Waals surface area contributed by atoms with E-state index in [-0.39, 0.29) is 23.7 Å². The average molecular weight is 318 g/mol. The van der Waals surface area contributed by atoms with Crippen LogP contribution in [0.4, 0.5) is 15.8 Å². The number of nitrogens with one attached hydrogen (secondary N) is 3. The van der Waals surface area contributed by atoms with Gasteiger partial charge in [-0.25, -0.2) is 4.39 Å². The van der Waals surface area contributed by atoms with Crippen LogP contribution in [0.15, 0.2) is 18.2 Å². The smallest absolute Gasteiger partial charge is 0.231 e. The number of H-pyrrole nitrogens is 1. The molecule has 0 spiro atoms. The number of aromatic nitrogens is 2. The first-order valence-corrected chi connectivity index (χ1v) is 7.68. The third-order valence-corrected chi connectivity index (χ3v) is 3.70. The van der Waals surface area contributed by atoms with Crippen molar-refractivity contribution in [3.8, 4) is 0 Å². The van der Waals surface area contributed by atoms with Crippen LogP contribution in [0.5, 0.6) is 0 Å². The van der Waals surface area contributed by atoms with E-state index in [0.717, 1.165) is 17.0 Å². The molecule has 1 aromatic carbocycles. The zero-order chi connectivity index (χ0) is 17.1. The summed E-state index contributed by atoms with van der Waals surface area (Å²) in [5, 5.41) is 13.0. The highest BCUT2D eigenvalue weighted by molar-refractivity contribution is 5.98. The number of hydrogen-bond donors (Lipinski definition) is 3. The average Bonchev–Trinajstić information content (AvgIpc) is 2.79. The highest BCUT2D eigenvalue weighted by Crippen LogP contribution is 2.27. The second-order valence-electron chi connectivity index (χ2n) is 6.05. The summed E-state index contributed by atoms with van der Waals surface area (Å²) in [6, 6.07) is 4.41. The summed E-state index contributed by atoms with van der Waals surface area (Å²) >= 11 is 0. The molecule has 0 fully saturated rings. The lowest BCUT2D eigenvalue weighted by molar-refractivity contribution is -0.117. The fraction of sp³-hybridized carbons (Fsp3) is 0.412. The van der Waals surface area contributed by atoms with Crippen LogP contribution in [0.25, 0.3) is 0 Å². The van der Waals surface area contributed by atoms with E-state index in [4.69, 9.17) is 0 Å². The first kappa shape index (κ1) is 17.0. The van der Waals surface area contributed by atoms with E-state index in [1.807, 2.05) is 34.6 Å². The lowest BCUT2D eigenvalue weighted by atomic mass is 9.98. The molecule has 0 saturated carbocycles. The minimum atomic E-state index is -0.356. The number of amides is 1. The number of carbonyl (C=O) groups is 1. The van der Waals surface area contributed by atoms with Crippen LogP contribution in [-0.2, 0) is 4.79 Å². The second kappa shape index (κ2) is 6.81. The number of halogens is 1. The molecule has 0 aliphatic carbocycles. The lowest BCUT2D eigenvalue weighted by Gasteiger charge is -2.18. The molecule has 0 saturated heterocycles. The van der Waals surface area contributed by atoms with Gasteiger partial charge in [0, 0.05) is 17.3 Å². The predicted molar refractivity (Wildman–Crippen MR) is 90.3 cm³/mol. The van der Waals surface area contributed by atoms with Crippen molar-refractivity contribution in [1.29, 1.82) is 0 Å². The van der Waals surface area contributed by atoms with Gasteiger partial charge in [0.05, 0.1) is 23.0 Å². The number of hydrogen-bond acceptors (Lipinski definition) is 3. The van der Waals surface area contributed by atoms with Crippen molar-refractivity contribution >= 4 is 17.3 Å². The van der Waals surface area contributed by atoms with Crippen molar-refractivity contribution in [3.63, 3.8) is 0 Å². The summed E-state index contributed by atoms with van der Waals surface area (Å²) < 4.78 is 13.5. The number of aromatic amines is 1. The number of rotatable bonds is 5. The van der Waals surface area contributed by atoms with Gasteiger partial charge in [-0.05, 0) is 52.8 Å². The van der Waals surface area contributed by atoms with Crippen LogP contribution in [0.3, 0.4) is 0 Å². The third kappa shape index (κ3) is 3.88. The molecule has 2 aromatic rings. The highest BCUT2D eigenvalue weighted by atomic mass is 19.1. The first-order chi connectivity index (χ1) is 10.8. The standard InChI is InChI=1S/C17H23FN4O/c1-9(2)19-15-8-13(18)6-7-14(15)20-17(23)10(3)16-11(4)21-22-12(16)5/h6-10,19H,1-5H3,(H,20,23)(H,21,22). The van der Waals surface area contributed by atoms with Gasteiger partial charge in [0.1, 0.15) is 5.82 Å². The van der Waals surface area contributed by atoms with Gasteiger partial charge in [0.15, 0.2) is 0 Å². The fourth-order valence-corrected chi connectivity index (χ4v) is 2.63. The number of carbonyl (C=O) groups excluding carboxylic acids is 1. The van der Waals surface area contributed by atoms with Crippen molar-refractivity contribution in [2.45, 2.75) is 46.6 Å². The molecular formula is C17H23FN4O. The van der Waals surface area contributed by atoms with Crippen LogP contribution in [0, 0.1) is 19.7 Å². The molecule has 5 nitrogen and oxygen atoms in total. The van der Waals surface area contributed by atoms with Crippen molar-refractivity contribution < 1.29 is 9.18 Å². The van der Waals surface area contributed by atoms with Gasteiger partial charge in [-0.3, -0.25) is 9.89 Å². The maximum atomic E-state index is 13.5. The number of nitrogens with zero attached hydrogens (tertiary/aromatic N) is 1. The van der Waals surface area contributed by atoms with Gasteiger partial charge in [-0.1, -0.05) is 0 Å². The van der Waals surface area contributed by atoms with Crippen molar-refractivity contribution in [2.75, 3.05) is 10.6 Å². The van der Waals surface area contributed by atoms with E-state index in [0.29, 0.717) is 11.4 Å². The maximum absolute atomic E-state index is 13.5. The van der Waals surface area contributed by atoms with Gasteiger partial charge >= 0.3 is 0 Å². The van der Waals surface area contributed by atoms with E-state index < -0.39 is 0 Å². The number of anilines is 2. The van der Waals surface area contributed by atoms with Crippen LogP contribution in [0.1, 0.15) is 43.6 Å². The molecule has 1 unspecified atom stereocenters. The molecule has 23 heavy (non-hydrogen) atoms. The Bertz CT molecular complexity index is 689. The molecule has 2 rings (SSSR count). The Morgan fingerprint density at radius 2 is 1.91 bits per heavy atom. The number of benzene rings is 1. The molecule has 1 amide bonds. The molecule has 1 aromatic heterocycles. The molecule has 0 radical (unpaired) electrons. The Labute approximate surface area is 135 Å². The zero-order valence-corrected chi connectivity index (χ0v) is 14.1. The van der Waals surface area contributed by atoms with E-state index in [2.05, 4.69) is 20.8 Å². The Hall–Kier alpha value is -2.37. The molecule has 1 atom stereocenters. The third-order valence-electron chi connectivity index (χ3n) is 3.70. The predicted octanol–water partition coefficient (Wildman–Crippen LogP) is 3.73. The monoisotopic (exact) mass is 318 g/mol. The molecule has 0 aliphatic rings. The van der Waals surface area contributed by atoms with E-state index >= 15 is 0 Å². The Balaban J connectivity index is 2.23. The van der Waals surface area contributed by atoms with Crippen LogP contribution >= 0.6 is 0 Å².